The first kappa shape index (κ1) is 13.1. The highest BCUT2D eigenvalue weighted by Gasteiger charge is 2.08. The van der Waals surface area contributed by atoms with Crippen LogP contribution in [0.3, 0.4) is 0 Å². The third-order valence-corrected chi connectivity index (χ3v) is 3.01. The smallest absolute Gasteiger partial charge is 0.256 e. The lowest BCUT2D eigenvalue weighted by molar-refractivity contribution is 0.102. The summed E-state index contributed by atoms with van der Waals surface area (Å²) in [5.74, 6) is 1.07. The van der Waals surface area contributed by atoms with E-state index in [1.807, 2.05) is 31.2 Å². The first-order valence-corrected chi connectivity index (χ1v) is 6.57. The summed E-state index contributed by atoms with van der Waals surface area (Å²) in [5.41, 5.74) is 2.46. The fourth-order valence-corrected chi connectivity index (χ4v) is 1.98. The molecule has 2 aromatic heterocycles. The van der Waals surface area contributed by atoms with E-state index in [1.165, 1.54) is 0 Å². The molecule has 104 valence electrons. The van der Waals surface area contributed by atoms with Crippen molar-refractivity contribution in [2.75, 3.05) is 5.32 Å². The van der Waals surface area contributed by atoms with E-state index in [9.17, 15) is 4.79 Å². The number of anilines is 1. The topological polar surface area (TPSA) is 70.7 Å². The van der Waals surface area contributed by atoms with Gasteiger partial charge < -0.3 is 10.3 Å². The van der Waals surface area contributed by atoms with Gasteiger partial charge in [0.25, 0.3) is 5.91 Å². The maximum absolute atomic E-state index is 12.1. The first-order valence-electron chi connectivity index (χ1n) is 6.57. The summed E-state index contributed by atoms with van der Waals surface area (Å²) in [4.78, 5) is 23.7. The molecule has 0 spiro atoms. The minimum atomic E-state index is -0.184. The van der Waals surface area contributed by atoms with Crippen molar-refractivity contribution in [1.82, 2.24) is 15.0 Å². The van der Waals surface area contributed by atoms with Gasteiger partial charge in [0.05, 0.1) is 0 Å². The molecule has 0 aliphatic rings. The number of hydrogen-bond donors (Lipinski definition) is 2. The van der Waals surface area contributed by atoms with Crippen LogP contribution in [0.4, 0.5) is 5.82 Å². The van der Waals surface area contributed by atoms with Crippen LogP contribution in [0, 0.1) is 6.92 Å². The molecule has 3 aromatic rings. The number of aryl methyl sites for hydroxylation is 1. The Hall–Kier alpha value is -2.95. The largest absolute Gasteiger partial charge is 0.342 e. The van der Waals surface area contributed by atoms with Gasteiger partial charge in [-0.15, -0.1) is 0 Å². The Morgan fingerprint density at radius 3 is 2.67 bits per heavy atom. The average molecular weight is 278 g/mol. The van der Waals surface area contributed by atoms with Crippen LogP contribution >= 0.6 is 0 Å². The normalized spacial score (nSPS) is 10.3. The lowest BCUT2D eigenvalue weighted by Gasteiger charge is -2.05. The van der Waals surface area contributed by atoms with E-state index in [2.05, 4.69) is 20.3 Å². The van der Waals surface area contributed by atoms with Gasteiger partial charge >= 0.3 is 0 Å². The predicted molar refractivity (Wildman–Crippen MR) is 81.0 cm³/mol. The van der Waals surface area contributed by atoms with Gasteiger partial charge in [0, 0.05) is 29.2 Å². The Morgan fingerprint density at radius 1 is 1.14 bits per heavy atom. The highest BCUT2D eigenvalue weighted by Crippen LogP contribution is 2.18. The van der Waals surface area contributed by atoms with Crippen LogP contribution in [-0.4, -0.2) is 20.9 Å². The van der Waals surface area contributed by atoms with Crippen LogP contribution in [0.1, 0.15) is 16.1 Å². The number of aromatic nitrogens is 3. The van der Waals surface area contributed by atoms with Crippen molar-refractivity contribution in [3.8, 4) is 11.4 Å². The Morgan fingerprint density at radius 2 is 1.95 bits per heavy atom. The second kappa shape index (κ2) is 5.58. The average Bonchev–Trinajstić information content (AvgIpc) is 2.95. The highest BCUT2D eigenvalue weighted by atomic mass is 16.1. The Balaban J connectivity index is 1.82. The number of H-pyrrole nitrogens is 1. The van der Waals surface area contributed by atoms with E-state index in [1.54, 1.807) is 30.6 Å². The Labute approximate surface area is 122 Å². The van der Waals surface area contributed by atoms with Crippen molar-refractivity contribution >= 4 is 11.7 Å². The molecule has 2 heterocycles. The molecule has 0 aliphatic carbocycles. The van der Waals surface area contributed by atoms with Gasteiger partial charge in [-0.05, 0) is 31.2 Å². The summed E-state index contributed by atoms with van der Waals surface area (Å²) in [7, 11) is 0. The van der Waals surface area contributed by atoms with Gasteiger partial charge in [-0.2, -0.15) is 0 Å². The van der Waals surface area contributed by atoms with Crippen LogP contribution < -0.4 is 5.32 Å². The Bertz CT molecular complexity index is 765. The molecule has 0 saturated heterocycles. The monoisotopic (exact) mass is 278 g/mol. The van der Waals surface area contributed by atoms with E-state index < -0.39 is 0 Å². The van der Waals surface area contributed by atoms with E-state index in [4.69, 9.17) is 0 Å². The summed E-state index contributed by atoms with van der Waals surface area (Å²) in [6, 6.07) is 12.7. The molecule has 0 bridgehead atoms. The predicted octanol–water partition coefficient (Wildman–Crippen LogP) is 3.03. The quantitative estimate of drug-likeness (QED) is 0.773. The molecule has 1 aromatic carbocycles. The number of benzene rings is 1. The molecule has 5 heteroatoms. The molecule has 0 saturated carbocycles. The number of nitrogens with one attached hydrogen (secondary N) is 2. The van der Waals surface area contributed by atoms with Gasteiger partial charge in [-0.3, -0.25) is 4.79 Å². The molecule has 0 fully saturated rings. The molecule has 0 atom stereocenters. The zero-order valence-corrected chi connectivity index (χ0v) is 11.5. The summed E-state index contributed by atoms with van der Waals surface area (Å²) in [5, 5.41) is 2.78. The molecular weight excluding hydrogens is 264 g/mol. The molecule has 0 radical (unpaired) electrons. The number of hydrogen-bond acceptors (Lipinski definition) is 3. The van der Waals surface area contributed by atoms with E-state index >= 15 is 0 Å². The van der Waals surface area contributed by atoms with Crippen LogP contribution in [0.15, 0.2) is 54.9 Å². The minimum Gasteiger partial charge on any atom is -0.342 e. The standard InChI is InChI=1S/C16H14N4O/c1-11-10-18-15(19-11)13-7-8-17-14(9-13)20-16(21)12-5-3-2-4-6-12/h2-10H,1H3,(H,18,19)(H,17,20,21). The van der Waals surface area contributed by atoms with Crippen molar-refractivity contribution in [2.45, 2.75) is 6.92 Å². The summed E-state index contributed by atoms with van der Waals surface area (Å²) < 4.78 is 0. The lowest BCUT2D eigenvalue weighted by Crippen LogP contribution is -2.12. The van der Waals surface area contributed by atoms with Gasteiger partial charge in [-0.1, -0.05) is 18.2 Å². The molecule has 3 rings (SSSR count). The second-order valence-corrected chi connectivity index (χ2v) is 4.66. The van der Waals surface area contributed by atoms with Crippen molar-refractivity contribution in [3.05, 3.63) is 66.1 Å². The van der Waals surface area contributed by atoms with Crippen molar-refractivity contribution in [3.63, 3.8) is 0 Å². The van der Waals surface area contributed by atoms with Crippen molar-refractivity contribution in [1.29, 1.82) is 0 Å². The summed E-state index contributed by atoms with van der Waals surface area (Å²) >= 11 is 0. The number of carbonyl (C=O) groups excluding carboxylic acids is 1. The van der Waals surface area contributed by atoms with Gasteiger partial charge in [-0.25, -0.2) is 9.97 Å². The van der Waals surface area contributed by atoms with Crippen molar-refractivity contribution in [2.24, 2.45) is 0 Å². The number of amides is 1. The number of carbonyl (C=O) groups is 1. The molecule has 0 aliphatic heterocycles. The number of pyridine rings is 1. The number of aromatic amines is 1. The maximum Gasteiger partial charge on any atom is 0.256 e. The summed E-state index contributed by atoms with van der Waals surface area (Å²) in [6.07, 6.45) is 3.41. The van der Waals surface area contributed by atoms with Crippen molar-refractivity contribution < 1.29 is 4.79 Å². The van der Waals surface area contributed by atoms with Crippen LogP contribution in [0.2, 0.25) is 0 Å². The zero-order valence-electron chi connectivity index (χ0n) is 11.5. The number of nitrogens with zero attached hydrogens (tertiary/aromatic N) is 2. The molecule has 0 unspecified atom stereocenters. The molecule has 1 amide bonds. The molecule has 5 nitrogen and oxygen atoms in total. The highest BCUT2D eigenvalue weighted by molar-refractivity contribution is 6.03. The zero-order chi connectivity index (χ0) is 14.7. The van der Waals surface area contributed by atoms with Crippen LogP contribution in [0.25, 0.3) is 11.4 Å². The lowest BCUT2D eigenvalue weighted by atomic mass is 10.2. The fourth-order valence-electron chi connectivity index (χ4n) is 1.98. The SMILES string of the molecule is Cc1cnc(-c2ccnc(NC(=O)c3ccccc3)c2)[nH]1. The summed E-state index contributed by atoms with van der Waals surface area (Å²) in [6.45, 7) is 1.94. The van der Waals surface area contributed by atoms with E-state index in [-0.39, 0.29) is 5.91 Å². The third kappa shape index (κ3) is 2.97. The third-order valence-electron chi connectivity index (χ3n) is 3.01. The van der Waals surface area contributed by atoms with Crippen LogP contribution in [0.5, 0.6) is 0 Å². The first-order chi connectivity index (χ1) is 10.2. The van der Waals surface area contributed by atoms with Gasteiger partial charge in [0.15, 0.2) is 0 Å². The van der Waals surface area contributed by atoms with E-state index in [0.717, 1.165) is 17.1 Å². The Kier molecular flexibility index (Phi) is 3.47. The number of rotatable bonds is 3. The molecular formula is C16H14N4O. The second-order valence-electron chi connectivity index (χ2n) is 4.66. The number of imidazole rings is 1. The van der Waals surface area contributed by atoms with Gasteiger partial charge in [0.2, 0.25) is 0 Å². The molecule has 21 heavy (non-hydrogen) atoms. The minimum absolute atomic E-state index is 0.184. The van der Waals surface area contributed by atoms with E-state index in [0.29, 0.717) is 11.4 Å². The molecule has 2 N–H and O–H groups in total. The fraction of sp³-hybridized carbons (Fsp3) is 0.0625. The van der Waals surface area contributed by atoms with Crippen LogP contribution in [-0.2, 0) is 0 Å². The van der Waals surface area contributed by atoms with Gasteiger partial charge in [0.1, 0.15) is 11.6 Å². The maximum atomic E-state index is 12.1.